The van der Waals surface area contributed by atoms with Crippen molar-refractivity contribution in [1.29, 1.82) is 0 Å². The third-order valence-corrected chi connectivity index (χ3v) is 12.2. The van der Waals surface area contributed by atoms with E-state index in [9.17, 15) is 0 Å². The van der Waals surface area contributed by atoms with Crippen LogP contribution in [0.15, 0.2) is 128 Å². The quantitative estimate of drug-likeness (QED) is 0.175. The standard InChI is InChI=1S/C47H46N8/c1-29-32-23-15-17-25-34(32)54-42-39(48-27-37(51-42)46(5,6)7)52(30-19-11-9-12-20-30)43(54)38-44-53(31-21-13-10-14-22-31)41-40(49-28-36(50-41)45(2,3)4)55(44)35-26-18-16-24-33(35)47(29,38)8/h9-28,38,43-44H,1H2,2-8H3. The number of nitrogens with zero attached hydrogens (tertiary/aromatic N) is 8. The van der Waals surface area contributed by atoms with Gasteiger partial charge in [0.1, 0.15) is 12.3 Å². The van der Waals surface area contributed by atoms with Gasteiger partial charge in [-0.15, -0.1) is 0 Å². The summed E-state index contributed by atoms with van der Waals surface area (Å²) in [5, 5.41) is 0. The van der Waals surface area contributed by atoms with E-state index in [-0.39, 0.29) is 29.1 Å². The van der Waals surface area contributed by atoms with Gasteiger partial charge in [0.15, 0.2) is 23.3 Å². The van der Waals surface area contributed by atoms with E-state index in [1.54, 1.807) is 0 Å². The topological polar surface area (TPSA) is 64.5 Å². The molecule has 0 bridgehead atoms. The normalized spacial score (nSPS) is 22.2. The first kappa shape index (κ1) is 33.5. The first-order valence-electron chi connectivity index (χ1n) is 19.3. The van der Waals surface area contributed by atoms with Gasteiger partial charge in [-0.2, -0.15) is 0 Å². The fourth-order valence-electron chi connectivity index (χ4n) is 9.38. The highest BCUT2D eigenvalue weighted by Gasteiger charge is 2.65. The summed E-state index contributed by atoms with van der Waals surface area (Å²) in [4.78, 5) is 31.5. The van der Waals surface area contributed by atoms with Gasteiger partial charge in [-0.25, -0.2) is 19.9 Å². The molecule has 0 amide bonds. The van der Waals surface area contributed by atoms with E-state index in [0.717, 1.165) is 68.5 Å². The lowest BCUT2D eigenvalue weighted by Crippen LogP contribution is -2.64. The molecule has 0 radical (unpaired) electrons. The second kappa shape index (κ2) is 11.5. The van der Waals surface area contributed by atoms with E-state index in [4.69, 9.17) is 26.5 Å². The highest BCUT2D eigenvalue weighted by atomic mass is 15.5. The summed E-state index contributed by atoms with van der Waals surface area (Å²) in [6.07, 6.45) is 3.38. The molecule has 0 spiro atoms. The predicted molar refractivity (Wildman–Crippen MR) is 223 cm³/mol. The molecular formula is C47H46N8. The Morgan fingerprint density at radius 2 is 0.964 bits per heavy atom. The van der Waals surface area contributed by atoms with Crippen molar-refractivity contribution in [2.24, 2.45) is 5.92 Å². The number of hydrogen-bond acceptors (Lipinski definition) is 8. The second-order valence-electron chi connectivity index (χ2n) is 17.5. The second-order valence-corrected chi connectivity index (χ2v) is 17.5. The number of allylic oxidation sites excluding steroid dienone is 1. The molecule has 0 saturated heterocycles. The van der Waals surface area contributed by atoms with Crippen molar-refractivity contribution >= 4 is 51.6 Å². The largest absolute Gasteiger partial charge is 0.301 e. The number of para-hydroxylation sites is 4. The van der Waals surface area contributed by atoms with Crippen LogP contribution in [0.25, 0.3) is 5.57 Å². The van der Waals surface area contributed by atoms with Crippen LogP contribution in [0.1, 0.15) is 71.0 Å². The molecule has 0 saturated carbocycles. The molecular weight excluding hydrogens is 677 g/mol. The summed E-state index contributed by atoms with van der Waals surface area (Å²) in [7, 11) is 0. The molecule has 4 aliphatic rings. The van der Waals surface area contributed by atoms with Crippen molar-refractivity contribution in [2.45, 2.75) is 77.0 Å². The summed E-state index contributed by atoms with van der Waals surface area (Å²) in [5.41, 5.74) is 8.60. The van der Waals surface area contributed by atoms with Gasteiger partial charge in [0.25, 0.3) is 0 Å². The molecule has 0 aliphatic carbocycles. The van der Waals surface area contributed by atoms with E-state index in [1.807, 2.05) is 12.4 Å². The number of anilines is 8. The highest BCUT2D eigenvalue weighted by Crippen LogP contribution is 2.66. The van der Waals surface area contributed by atoms with E-state index < -0.39 is 5.41 Å². The predicted octanol–water partition coefficient (Wildman–Crippen LogP) is 10.7. The molecule has 4 aliphatic heterocycles. The van der Waals surface area contributed by atoms with E-state index >= 15 is 0 Å². The van der Waals surface area contributed by atoms with Crippen LogP contribution in [0.2, 0.25) is 0 Å². The van der Waals surface area contributed by atoms with Crippen LogP contribution >= 0.6 is 0 Å². The Balaban J connectivity index is 1.34. The lowest BCUT2D eigenvalue weighted by atomic mass is 9.61. The van der Waals surface area contributed by atoms with Gasteiger partial charge in [-0.05, 0) is 47.5 Å². The fraction of sp³-hybridized carbons (Fsp3) is 0.277. The zero-order chi connectivity index (χ0) is 38.0. The fourth-order valence-corrected chi connectivity index (χ4v) is 9.38. The average Bonchev–Trinajstić information content (AvgIpc) is 3.67. The molecule has 10 rings (SSSR count). The molecule has 4 atom stereocenters. The maximum absolute atomic E-state index is 5.54. The molecule has 55 heavy (non-hydrogen) atoms. The lowest BCUT2D eigenvalue weighted by Gasteiger charge is -2.55. The van der Waals surface area contributed by atoms with Crippen molar-refractivity contribution in [3.8, 4) is 0 Å². The molecule has 4 unspecified atom stereocenters. The summed E-state index contributed by atoms with van der Waals surface area (Å²) in [6, 6.07) is 39.0. The van der Waals surface area contributed by atoms with Gasteiger partial charge in [-0.1, -0.05) is 128 Å². The molecule has 2 aromatic heterocycles. The van der Waals surface area contributed by atoms with Crippen LogP contribution in [-0.2, 0) is 16.2 Å². The first-order chi connectivity index (χ1) is 26.4. The van der Waals surface area contributed by atoms with Crippen molar-refractivity contribution in [3.63, 3.8) is 0 Å². The summed E-state index contributed by atoms with van der Waals surface area (Å²) >= 11 is 0. The Morgan fingerprint density at radius 3 is 1.53 bits per heavy atom. The molecule has 6 aromatic rings. The van der Waals surface area contributed by atoms with Crippen LogP contribution in [0.5, 0.6) is 0 Å². The Morgan fingerprint density at radius 1 is 0.527 bits per heavy atom. The van der Waals surface area contributed by atoms with Crippen molar-refractivity contribution in [1.82, 2.24) is 19.9 Å². The Kier molecular flexibility index (Phi) is 7.01. The van der Waals surface area contributed by atoms with Crippen molar-refractivity contribution in [3.05, 3.63) is 151 Å². The smallest absolute Gasteiger partial charge is 0.178 e. The minimum atomic E-state index is -0.586. The minimum absolute atomic E-state index is 0.175. The van der Waals surface area contributed by atoms with E-state index in [2.05, 4.69) is 177 Å². The Hall–Kier alpha value is -6.02. The monoisotopic (exact) mass is 722 g/mol. The molecule has 0 N–H and O–H groups in total. The third-order valence-electron chi connectivity index (χ3n) is 12.2. The summed E-state index contributed by atoms with van der Waals surface area (Å²) in [6.45, 7) is 20.7. The summed E-state index contributed by atoms with van der Waals surface area (Å²) < 4.78 is 0. The number of fused-ring (bicyclic) bond motifs is 14. The Labute approximate surface area is 323 Å². The van der Waals surface area contributed by atoms with Gasteiger partial charge in [0, 0.05) is 38.9 Å². The van der Waals surface area contributed by atoms with Gasteiger partial charge in [-0.3, -0.25) is 0 Å². The van der Waals surface area contributed by atoms with Crippen LogP contribution in [-0.4, -0.2) is 32.3 Å². The molecule has 274 valence electrons. The minimum Gasteiger partial charge on any atom is -0.301 e. The number of benzene rings is 4. The van der Waals surface area contributed by atoms with Crippen molar-refractivity contribution < 1.29 is 0 Å². The molecule has 4 aromatic carbocycles. The molecule has 8 heteroatoms. The van der Waals surface area contributed by atoms with Crippen LogP contribution in [0.4, 0.5) is 46.0 Å². The van der Waals surface area contributed by atoms with Crippen LogP contribution < -0.4 is 19.6 Å². The number of rotatable bonds is 2. The van der Waals surface area contributed by atoms with Gasteiger partial charge in [0.2, 0.25) is 0 Å². The van der Waals surface area contributed by atoms with E-state index in [0.29, 0.717) is 0 Å². The van der Waals surface area contributed by atoms with Crippen LogP contribution in [0.3, 0.4) is 0 Å². The first-order valence-corrected chi connectivity index (χ1v) is 19.3. The zero-order valence-electron chi connectivity index (χ0n) is 32.6. The van der Waals surface area contributed by atoms with Gasteiger partial charge >= 0.3 is 0 Å². The third kappa shape index (κ3) is 4.63. The maximum atomic E-state index is 5.54. The highest BCUT2D eigenvalue weighted by molar-refractivity contribution is 5.96. The number of aromatic nitrogens is 4. The zero-order valence-corrected chi connectivity index (χ0v) is 32.6. The van der Waals surface area contributed by atoms with Gasteiger partial charge in [0.05, 0.1) is 35.4 Å². The van der Waals surface area contributed by atoms with Crippen molar-refractivity contribution in [2.75, 3.05) is 19.6 Å². The summed E-state index contributed by atoms with van der Waals surface area (Å²) in [5.74, 6) is 3.22. The SMILES string of the molecule is C=C1c2ccccc2N2c3nc(C(C)(C)C)cnc3N(c3ccccc3)C2C2C3N(c4ccccc4)c4nc(C(C)(C)C)cnc4N3c3ccccc3C12C. The number of hydrogen-bond donors (Lipinski definition) is 0. The molecule has 8 nitrogen and oxygen atoms in total. The molecule has 0 fully saturated rings. The van der Waals surface area contributed by atoms with Gasteiger partial charge < -0.3 is 19.6 Å². The lowest BCUT2D eigenvalue weighted by molar-refractivity contribution is 0.255. The molecule has 6 heterocycles. The van der Waals surface area contributed by atoms with E-state index in [1.165, 1.54) is 5.56 Å². The maximum Gasteiger partial charge on any atom is 0.178 e. The van der Waals surface area contributed by atoms with Crippen LogP contribution in [0, 0.1) is 5.92 Å². The average molecular weight is 723 g/mol. The Bertz CT molecular complexity index is 2500.